The molecule has 0 fully saturated rings. The van der Waals surface area contributed by atoms with Crippen molar-refractivity contribution in [2.45, 2.75) is 6.11 Å². The maximum Gasteiger partial charge on any atom is 0.441 e. The zero-order chi connectivity index (χ0) is 10.8. The van der Waals surface area contributed by atoms with Crippen LogP contribution in [0, 0.1) is 0 Å². The lowest BCUT2D eigenvalue weighted by Gasteiger charge is -2.18. The molecule has 6 heteroatoms. The molecule has 0 amide bonds. The molecule has 1 aromatic rings. The van der Waals surface area contributed by atoms with Crippen molar-refractivity contribution in [3.8, 4) is 5.75 Å². The second-order valence-electron chi connectivity index (χ2n) is 2.36. The summed E-state index contributed by atoms with van der Waals surface area (Å²) < 4.78 is 28.7. The fourth-order valence-corrected chi connectivity index (χ4v) is 0.900. The third-order valence-corrected chi connectivity index (χ3v) is 1.51. The van der Waals surface area contributed by atoms with E-state index in [-0.39, 0.29) is 10.8 Å². The van der Waals surface area contributed by atoms with E-state index in [1.54, 1.807) is 0 Å². The van der Waals surface area contributed by atoms with Crippen LogP contribution in [0.15, 0.2) is 24.3 Å². The molecule has 0 aromatic heterocycles. The molecule has 0 aliphatic heterocycles. The van der Waals surface area contributed by atoms with Crippen molar-refractivity contribution < 1.29 is 23.4 Å². The molecule has 0 N–H and O–H groups in total. The number of benzene rings is 1. The number of carboxylic acid groups (broad SMARTS) is 1. The predicted octanol–water partition coefficient (Wildman–Crippen LogP) is 1.06. The van der Waals surface area contributed by atoms with Crippen molar-refractivity contribution in [1.29, 1.82) is 0 Å². The van der Waals surface area contributed by atoms with Gasteiger partial charge in [-0.25, -0.2) is 0 Å². The van der Waals surface area contributed by atoms with Crippen molar-refractivity contribution >= 4 is 17.6 Å². The lowest BCUT2D eigenvalue weighted by atomic mass is 10.3. The van der Waals surface area contributed by atoms with Crippen molar-refractivity contribution in [2.75, 3.05) is 0 Å². The summed E-state index contributed by atoms with van der Waals surface area (Å²) in [4.78, 5) is 9.89. The van der Waals surface area contributed by atoms with Crippen LogP contribution in [-0.2, 0) is 4.79 Å². The average molecular weight is 222 g/mol. The molecule has 0 unspecified atom stereocenters. The second-order valence-corrected chi connectivity index (χ2v) is 2.80. The first-order valence-corrected chi connectivity index (χ1v) is 3.83. The van der Waals surface area contributed by atoms with Crippen LogP contribution in [0.1, 0.15) is 0 Å². The summed E-state index contributed by atoms with van der Waals surface area (Å²) in [5, 5.41) is 10.1. The van der Waals surface area contributed by atoms with Gasteiger partial charge in [-0.1, -0.05) is 17.7 Å². The third-order valence-electron chi connectivity index (χ3n) is 1.28. The first-order valence-electron chi connectivity index (χ1n) is 3.45. The van der Waals surface area contributed by atoms with Crippen LogP contribution in [0.5, 0.6) is 5.75 Å². The predicted molar refractivity (Wildman–Crippen MR) is 42.0 cm³/mol. The topological polar surface area (TPSA) is 49.4 Å². The molecule has 0 saturated carbocycles. The molecular weight excluding hydrogens is 218 g/mol. The van der Waals surface area contributed by atoms with Gasteiger partial charge < -0.3 is 14.6 Å². The molecule has 3 nitrogen and oxygen atoms in total. The first-order chi connectivity index (χ1) is 6.42. The molecule has 0 saturated heterocycles. The Morgan fingerprint density at radius 1 is 1.50 bits per heavy atom. The highest BCUT2D eigenvalue weighted by atomic mass is 35.5. The van der Waals surface area contributed by atoms with Gasteiger partial charge in [0.2, 0.25) is 0 Å². The maximum atomic E-state index is 12.4. The van der Waals surface area contributed by atoms with Gasteiger partial charge in [-0.15, -0.1) is 0 Å². The Morgan fingerprint density at radius 3 is 2.64 bits per heavy atom. The van der Waals surface area contributed by atoms with Gasteiger partial charge in [-0.2, -0.15) is 8.78 Å². The molecule has 14 heavy (non-hydrogen) atoms. The van der Waals surface area contributed by atoms with E-state index in [0.717, 1.165) is 12.1 Å². The number of carboxylic acids is 1. The van der Waals surface area contributed by atoms with Gasteiger partial charge in [-0.05, 0) is 18.2 Å². The van der Waals surface area contributed by atoms with Gasteiger partial charge in [-0.3, -0.25) is 0 Å². The van der Waals surface area contributed by atoms with E-state index in [1.807, 2.05) is 0 Å². The summed E-state index contributed by atoms with van der Waals surface area (Å²) in [6.07, 6.45) is -4.36. The largest absolute Gasteiger partial charge is 0.541 e. The van der Waals surface area contributed by atoms with Crippen LogP contribution in [0.4, 0.5) is 8.78 Å². The molecule has 0 bridgehead atoms. The van der Waals surface area contributed by atoms with Crippen molar-refractivity contribution in [1.82, 2.24) is 0 Å². The van der Waals surface area contributed by atoms with Gasteiger partial charge in [0.05, 0.1) is 0 Å². The number of hydrogen-bond acceptors (Lipinski definition) is 3. The van der Waals surface area contributed by atoms with Crippen molar-refractivity contribution in [2.24, 2.45) is 0 Å². The number of aliphatic carboxylic acids is 1. The van der Waals surface area contributed by atoms with E-state index >= 15 is 0 Å². The molecule has 0 radical (unpaired) electrons. The molecule has 1 aromatic carbocycles. The highest BCUT2D eigenvalue weighted by Crippen LogP contribution is 2.23. The van der Waals surface area contributed by atoms with Gasteiger partial charge >= 0.3 is 6.11 Å². The minimum atomic E-state index is -4.36. The molecule has 1 rings (SSSR count). The number of halogens is 3. The molecular formula is C8H4ClF2O3-. The summed E-state index contributed by atoms with van der Waals surface area (Å²) in [6, 6.07) is 5.01. The fourth-order valence-electron chi connectivity index (χ4n) is 0.720. The Morgan fingerprint density at radius 2 is 2.14 bits per heavy atom. The number of carbonyl (C=O) groups excluding carboxylic acids is 1. The minimum absolute atomic E-state index is 0.164. The highest BCUT2D eigenvalue weighted by Gasteiger charge is 2.33. The normalized spacial score (nSPS) is 11.1. The molecule has 0 heterocycles. The Kier molecular flexibility index (Phi) is 2.90. The van der Waals surface area contributed by atoms with E-state index in [4.69, 9.17) is 11.6 Å². The van der Waals surface area contributed by atoms with Crippen molar-refractivity contribution in [3.05, 3.63) is 29.3 Å². The van der Waals surface area contributed by atoms with Crippen LogP contribution in [0.3, 0.4) is 0 Å². The van der Waals surface area contributed by atoms with E-state index < -0.39 is 12.1 Å². The number of ether oxygens (including phenoxy) is 1. The third kappa shape index (κ3) is 2.56. The number of carbonyl (C=O) groups is 1. The van der Waals surface area contributed by atoms with Crippen LogP contribution in [-0.4, -0.2) is 12.1 Å². The Bertz CT molecular complexity index is 354. The Balaban J connectivity index is 2.83. The zero-order valence-electron chi connectivity index (χ0n) is 6.67. The first kappa shape index (κ1) is 10.7. The van der Waals surface area contributed by atoms with Crippen molar-refractivity contribution in [3.63, 3.8) is 0 Å². The van der Waals surface area contributed by atoms with Gasteiger partial charge in [0, 0.05) is 5.02 Å². The van der Waals surface area contributed by atoms with Crippen LogP contribution in [0.2, 0.25) is 5.02 Å². The van der Waals surface area contributed by atoms with E-state index in [0.29, 0.717) is 0 Å². The smallest absolute Gasteiger partial charge is 0.441 e. The molecule has 0 spiro atoms. The molecule has 76 valence electrons. The number of alkyl halides is 2. The van der Waals surface area contributed by atoms with E-state index in [2.05, 4.69) is 4.74 Å². The average Bonchev–Trinajstić information content (AvgIpc) is 2.02. The minimum Gasteiger partial charge on any atom is -0.541 e. The molecule has 0 aliphatic rings. The second kappa shape index (κ2) is 3.79. The Hall–Kier alpha value is -1.36. The lowest BCUT2D eigenvalue weighted by molar-refractivity contribution is -0.350. The summed E-state index contributed by atoms with van der Waals surface area (Å²) in [6.45, 7) is 0. The van der Waals surface area contributed by atoms with Crippen LogP contribution < -0.4 is 9.84 Å². The highest BCUT2D eigenvalue weighted by molar-refractivity contribution is 6.30. The van der Waals surface area contributed by atoms with Gasteiger partial charge in [0.15, 0.2) is 5.97 Å². The maximum absolute atomic E-state index is 12.4. The van der Waals surface area contributed by atoms with E-state index in [1.165, 1.54) is 12.1 Å². The monoisotopic (exact) mass is 221 g/mol. The fraction of sp³-hybridized carbons (Fsp3) is 0.125. The number of hydrogen-bond donors (Lipinski definition) is 0. The quantitative estimate of drug-likeness (QED) is 0.767. The molecule has 0 atom stereocenters. The van der Waals surface area contributed by atoms with Crippen LogP contribution in [0.25, 0.3) is 0 Å². The Labute approximate surface area is 82.9 Å². The summed E-state index contributed by atoms with van der Waals surface area (Å²) in [5.74, 6) is -2.94. The summed E-state index contributed by atoms with van der Waals surface area (Å²) >= 11 is 5.47. The van der Waals surface area contributed by atoms with Gasteiger partial charge in [0.25, 0.3) is 0 Å². The lowest BCUT2D eigenvalue weighted by Crippen LogP contribution is -2.45. The number of rotatable bonds is 3. The standard InChI is InChI=1S/C8H5ClF2O3/c9-5-2-1-3-6(4-5)14-8(10,11)7(12)13/h1-4H,(H,12,13)/p-1. The van der Waals surface area contributed by atoms with E-state index in [9.17, 15) is 18.7 Å². The summed E-state index contributed by atoms with van der Waals surface area (Å²) in [5.41, 5.74) is 0. The zero-order valence-corrected chi connectivity index (χ0v) is 7.42. The van der Waals surface area contributed by atoms with Gasteiger partial charge in [0.1, 0.15) is 5.75 Å². The van der Waals surface area contributed by atoms with Crippen LogP contribution >= 0.6 is 11.6 Å². The SMILES string of the molecule is O=C([O-])C(F)(F)Oc1cccc(Cl)c1. The molecule has 0 aliphatic carbocycles. The summed E-state index contributed by atoms with van der Waals surface area (Å²) in [7, 11) is 0.